The Morgan fingerprint density at radius 2 is 1.69 bits per heavy atom. The molecule has 0 radical (unpaired) electrons. The molecule has 1 rings (SSSR count). The predicted molar refractivity (Wildman–Crippen MR) is 148 cm³/mol. The minimum absolute atomic E-state index is 0.0621. The Kier molecular flexibility index (Phi) is 11.5. The molecular formula is C29H39N3O3. The molecule has 0 unspecified atom stereocenters. The van der Waals surface area contributed by atoms with Gasteiger partial charge in [-0.2, -0.15) is 0 Å². The molecule has 6 nitrogen and oxygen atoms in total. The van der Waals surface area contributed by atoms with Crippen LogP contribution in [0.25, 0.3) is 11.1 Å². The monoisotopic (exact) mass is 477 g/mol. The average Bonchev–Trinajstić information content (AvgIpc) is 2.79. The maximum absolute atomic E-state index is 12.4. The van der Waals surface area contributed by atoms with Gasteiger partial charge in [-0.3, -0.25) is 4.99 Å². The maximum atomic E-state index is 12.4. The molecule has 1 aromatic rings. The number of nitrogens with one attached hydrogen (secondary N) is 1. The van der Waals surface area contributed by atoms with Crippen LogP contribution in [0.2, 0.25) is 0 Å². The molecule has 6 heteroatoms. The predicted octanol–water partition coefficient (Wildman–Crippen LogP) is 6.68. The van der Waals surface area contributed by atoms with Crippen molar-refractivity contribution in [3.63, 3.8) is 0 Å². The van der Waals surface area contributed by atoms with E-state index in [-0.39, 0.29) is 11.9 Å². The largest absolute Gasteiger partial charge is 0.509 e. The Morgan fingerprint density at radius 1 is 1.09 bits per heavy atom. The molecule has 188 valence electrons. The van der Waals surface area contributed by atoms with Gasteiger partial charge in [0.15, 0.2) is 0 Å². The zero-order chi connectivity index (χ0) is 26.6. The first-order valence-corrected chi connectivity index (χ1v) is 11.5. The van der Waals surface area contributed by atoms with Crippen molar-refractivity contribution in [2.24, 2.45) is 4.99 Å². The summed E-state index contributed by atoms with van der Waals surface area (Å²) in [6, 6.07) is 7.66. The fourth-order valence-corrected chi connectivity index (χ4v) is 3.11. The van der Waals surface area contributed by atoms with E-state index < -0.39 is 5.60 Å². The minimum Gasteiger partial charge on any atom is -0.509 e. The molecule has 0 saturated heterocycles. The van der Waals surface area contributed by atoms with Crippen LogP contribution in [0.4, 0.5) is 4.79 Å². The number of nitrogens with zero attached hydrogens (tertiary/aromatic N) is 2. The van der Waals surface area contributed by atoms with Gasteiger partial charge in [0.25, 0.3) is 0 Å². The van der Waals surface area contributed by atoms with Gasteiger partial charge in [-0.25, -0.2) is 4.79 Å². The molecule has 0 aliphatic carbocycles. The highest BCUT2D eigenvalue weighted by Crippen LogP contribution is 2.31. The van der Waals surface area contributed by atoms with Crippen molar-refractivity contribution < 1.29 is 14.6 Å². The van der Waals surface area contributed by atoms with Crippen LogP contribution in [-0.2, 0) is 4.74 Å². The third-order valence-electron chi connectivity index (χ3n) is 4.83. The Bertz CT molecular complexity index is 1030. The van der Waals surface area contributed by atoms with E-state index in [9.17, 15) is 9.90 Å². The van der Waals surface area contributed by atoms with Crippen molar-refractivity contribution in [1.82, 2.24) is 10.2 Å². The number of aliphatic hydroxyl groups is 1. The number of carbonyl (C=O) groups is 1. The van der Waals surface area contributed by atoms with Gasteiger partial charge in [0.2, 0.25) is 0 Å². The van der Waals surface area contributed by atoms with Crippen LogP contribution in [0.5, 0.6) is 0 Å². The topological polar surface area (TPSA) is 74.2 Å². The van der Waals surface area contributed by atoms with Crippen LogP contribution in [0.3, 0.4) is 0 Å². The standard InChI is InChI=1S/C29H39N3O3/c1-10-18-32(28(34)35-29(6,7)8)19-17-31-20-27(30-9)24(5)26-14-12-11-13-25(26)23(4)21(2)15-16-22(3)33/h11-16,20,31,33H,2-5,9-10,17-19H2,1,6-8H3/b16-15-,27-20-. The molecule has 2 N–H and O–H groups in total. The Labute approximate surface area is 210 Å². The number of carbonyl (C=O) groups excluding carboxylic acids is 1. The van der Waals surface area contributed by atoms with E-state index in [1.54, 1.807) is 17.2 Å². The van der Waals surface area contributed by atoms with Crippen LogP contribution in [0.1, 0.15) is 45.2 Å². The van der Waals surface area contributed by atoms with Crippen molar-refractivity contribution in [2.75, 3.05) is 19.6 Å². The van der Waals surface area contributed by atoms with Crippen molar-refractivity contribution in [3.05, 3.63) is 97.1 Å². The van der Waals surface area contributed by atoms with Crippen molar-refractivity contribution >= 4 is 24.0 Å². The van der Waals surface area contributed by atoms with Gasteiger partial charge < -0.3 is 20.1 Å². The average molecular weight is 478 g/mol. The Morgan fingerprint density at radius 3 is 2.20 bits per heavy atom. The highest BCUT2D eigenvalue weighted by Gasteiger charge is 2.21. The summed E-state index contributed by atoms with van der Waals surface area (Å²) in [5, 5.41) is 12.5. The normalized spacial score (nSPS) is 11.6. The van der Waals surface area contributed by atoms with Crippen molar-refractivity contribution in [1.29, 1.82) is 0 Å². The Hall–Kier alpha value is -3.80. The number of rotatable bonds is 13. The molecule has 0 saturated carbocycles. The summed E-state index contributed by atoms with van der Waals surface area (Å²) < 4.78 is 5.50. The van der Waals surface area contributed by atoms with Crippen LogP contribution in [-0.4, -0.2) is 48.1 Å². The second kappa shape index (κ2) is 13.8. The van der Waals surface area contributed by atoms with E-state index in [0.29, 0.717) is 42.1 Å². The highest BCUT2D eigenvalue weighted by molar-refractivity contribution is 5.90. The van der Waals surface area contributed by atoms with Crippen LogP contribution in [0, 0.1) is 0 Å². The smallest absolute Gasteiger partial charge is 0.410 e. The summed E-state index contributed by atoms with van der Waals surface area (Å²) in [5.74, 6) is -0.0621. The summed E-state index contributed by atoms with van der Waals surface area (Å²) in [6.45, 7) is 28.7. The number of aliphatic imine (C=N–C) groups is 1. The zero-order valence-corrected chi connectivity index (χ0v) is 21.6. The number of amides is 1. The molecule has 0 fully saturated rings. The molecular weight excluding hydrogens is 438 g/mol. The SMILES string of the molecule is C=N/C(=C\NCCN(CCC)C(=O)OC(C)(C)C)C(=C)c1ccccc1C(=C)C(=C)/C=C\C(=C)O. The van der Waals surface area contributed by atoms with Crippen LogP contribution >= 0.6 is 0 Å². The maximum Gasteiger partial charge on any atom is 0.410 e. The van der Waals surface area contributed by atoms with Crippen LogP contribution in [0.15, 0.2) is 91.0 Å². The van der Waals surface area contributed by atoms with Crippen LogP contribution < -0.4 is 5.32 Å². The minimum atomic E-state index is -0.543. The van der Waals surface area contributed by atoms with Gasteiger partial charge in [-0.1, -0.05) is 63.6 Å². The van der Waals surface area contributed by atoms with E-state index in [2.05, 4.69) is 43.3 Å². The molecule has 0 atom stereocenters. The van der Waals surface area contributed by atoms with Crippen molar-refractivity contribution in [3.8, 4) is 0 Å². The molecule has 35 heavy (non-hydrogen) atoms. The Balaban J connectivity index is 2.97. The molecule has 1 aromatic carbocycles. The second-order valence-corrected chi connectivity index (χ2v) is 8.96. The first kappa shape index (κ1) is 29.2. The summed E-state index contributed by atoms with van der Waals surface area (Å²) in [6.07, 6.45) is 5.35. The lowest BCUT2D eigenvalue weighted by atomic mass is 9.91. The molecule has 0 heterocycles. The molecule has 0 aliphatic heterocycles. The molecule has 0 spiro atoms. The van der Waals surface area contributed by atoms with Gasteiger partial charge in [0.05, 0.1) is 5.70 Å². The first-order valence-electron chi connectivity index (χ1n) is 11.5. The van der Waals surface area contributed by atoms with E-state index in [0.717, 1.165) is 17.5 Å². The highest BCUT2D eigenvalue weighted by atomic mass is 16.6. The molecule has 0 bridgehead atoms. The van der Waals surface area contributed by atoms with Gasteiger partial charge in [0.1, 0.15) is 11.4 Å². The molecule has 0 aliphatic rings. The van der Waals surface area contributed by atoms with Gasteiger partial charge in [-0.05, 0) is 62.3 Å². The molecule has 1 amide bonds. The lowest BCUT2D eigenvalue weighted by Crippen LogP contribution is -2.40. The second-order valence-electron chi connectivity index (χ2n) is 8.96. The van der Waals surface area contributed by atoms with E-state index in [4.69, 9.17) is 4.74 Å². The molecule has 0 aromatic heterocycles. The summed E-state index contributed by atoms with van der Waals surface area (Å²) in [5.41, 5.74) is 3.66. The first-order chi connectivity index (χ1) is 16.4. The summed E-state index contributed by atoms with van der Waals surface area (Å²) >= 11 is 0. The fourth-order valence-electron chi connectivity index (χ4n) is 3.11. The van der Waals surface area contributed by atoms with Gasteiger partial charge in [-0.15, -0.1) is 0 Å². The quantitative estimate of drug-likeness (QED) is 0.144. The van der Waals surface area contributed by atoms with Crippen molar-refractivity contribution in [2.45, 2.75) is 39.7 Å². The van der Waals surface area contributed by atoms with E-state index in [1.165, 1.54) is 6.08 Å². The number of allylic oxidation sites excluding steroid dienone is 5. The zero-order valence-electron chi connectivity index (χ0n) is 21.6. The number of hydrogen-bond donors (Lipinski definition) is 2. The lowest BCUT2D eigenvalue weighted by molar-refractivity contribution is 0.0253. The number of hydrogen-bond acceptors (Lipinski definition) is 5. The van der Waals surface area contributed by atoms with Gasteiger partial charge in [0, 0.05) is 31.4 Å². The summed E-state index contributed by atoms with van der Waals surface area (Å²) in [7, 11) is 0. The number of benzene rings is 1. The van der Waals surface area contributed by atoms with E-state index in [1.807, 2.05) is 52.0 Å². The van der Waals surface area contributed by atoms with Gasteiger partial charge >= 0.3 is 6.09 Å². The fraction of sp³-hybridized carbons (Fsp3) is 0.310. The third-order valence-corrected chi connectivity index (χ3v) is 4.83. The van der Waals surface area contributed by atoms with E-state index >= 15 is 0 Å². The number of ether oxygens (including phenoxy) is 1. The lowest BCUT2D eigenvalue weighted by Gasteiger charge is -2.27. The number of aliphatic hydroxyl groups excluding tert-OH is 1. The third kappa shape index (κ3) is 9.92. The summed E-state index contributed by atoms with van der Waals surface area (Å²) in [4.78, 5) is 18.3.